The summed E-state index contributed by atoms with van der Waals surface area (Å²) < 4.78 is 83.1. The molecular formula is C48H42F6IN9O4. The van der Waals surface area contributed by atoms with E-state index in [9.17, 15) is 56.0 Å². The van der Waals surface area contributed by atoms with E-state index in [0.29, 0.717) is 52.7 Å². The molecule has 0 aromatic heterocycles. The number of carbonyl (C=O) groups excluding carboxylic acids is 4. The SMILES string of the molecule is C[N+](C)(CCCN1CC2=C(C1=O)[C@@H](c1ccc(C#N)cc1)NC(=O)N2c1cccc(C(F)(F)F)c1)CCCN1CC2=C(C1=O)[C@@H](c1ccc(C#N)cc1)NC(=O)N2c1cccc(C(F)(F)F)c1.[I-]. The van der Waals surface area contributed by atoms with Crippen molar-refractivity contribution in [2.24, 2.45) is 0 Å². The molecule has 0 fully saturated rings. The molecule has 2 N–H and O–H groups in total. The van der Waals surface area contributed by atoms with Crippen molar-refractivity contribution >= 4 is 35.3 Å². The lowest BCUT2D eigenvalue weighted by atomic mass is 9.94. The Labute approximate surface area is 404 Å². The number of anilines is 2. The number of carbonyl (C=O) groups is 4. The van der Waals surface area contributed by atoms with Gasteiger partial charge < -0.3 is 48.9 Å². The third kappa shape index (κ3) is 9.74. The van der Waals surface area contributed by atoms with Crippen molar-refractivity contribution in [2.45, 2.75) is 37.3 Å². The molecule has 6 amide bonds. The molecule has 4 aliphatic rings. The fourth-order valence-corrected chi connectivity index (χ4v) is 9.03. The number of amides is 6. The van der Waals surface area contributed by atoms with Gasteiger partial charge in [0.15, 0.2) is 0 Å². The van der Waals surface area contributed by atoms with Crippen LogP contribution in [0.2, 0.25) is 0 Å². The smallest absolute Gasteiger partial charge is 0.416 e. The van der Waals surface area contributed by atoms with E-state index in [1.54, 1.807) is 58.3 Å². The van der Waals surface area contributed by atoms with Crippen LogP contribution < -0.4 is 44.4 Å². The van der Waals surface area contributed by atoms with E-state index in [0.717, 1.165) is 34.1 Å². The van der Waals surface area contributed by atoms with E-state index in [4.69, 9.17) is 0 Å². The Hall–Kier alpha value is -6.91. The van der Waals surface area contributed by atoms with Gasteiger partial charge in [0.05, 0.1) is 121 Å². The van der Waals surface area contributed by atoms with E-state index in [2.05, 4.69) is 10.6 Å². The molecule has 68 heavy (non-hydrogen) atoms. The standard InChI is InChI=1S/C48H41F6N9O4.HI/c1-63(2,21-5-19-59-27-37-39(43(59)64)41(31-15-11-29(25-55)12-16-31)57-45(66)61(37)35-9-3-7-33(23-35)47(49,50)51)22-6-20-60-28-38-40(44(60)65)42(32-17-13-30(26-56)14-18-32)58-46(67)62(38)36-10-4-8-34(24-36)48(52,53)54;/h3-4,7-18,23-24,41-42H,5-6,19-22,27-28H2,1-2H3,(H-,57,58,66,67);1H/t41-,42-;/m1./s1. The van der Waals surface area contributed by atoms with Crippen LogP contribution in [0, 0.1) is 22.7 Å². The van der Waals surface area contributed by atoms with Gasteiger partial charge in [0.1, 0.15) is 0 Å². The first-order valence-electron chi connectivity index (χ1n) is 21.2. The van der Waals surface area contributed by atoms with Crippen LogP contribution in [0.25, 0.3) is 0 Å². The van der Waals surface area contributed by atoms with Crippen LogP contribution in [0.3, 0.4) is 0 Å². The molecule has 0 saturated heterocycles. The molecule has 0 spiro atoms. The van der Waals surface area contributed by atoms with Crippen molar-refractivity contribution in [3.63, 3.8) is 0 Å². The molecule has 20 heteroatoms. The van der Waals surface area contributed by atoms with Crippen LogP contribution in [-0.4, -0.2) is 91.5 Å². The van der Waals surface area contributed by atoms with Crippen LogP contribution in [0.15, 0.2) is 120 Å². The third-order valence-electron chi connectivity index (χ3n) is 12.4. The van der Waals surface area contributed by atoms with Crippen LogP contribution in [0.5, 0.6) is 0 Å². The van der Waals surface area contributed by atoms with E-state index < -0.39 is 59.4 Å². The Balaban J connectivity index is 0.00000684. The summed E-state index contributed by atoms with van der Waals surface area (Å²) in [5.74, 6) is -0.802. The van der Waals surface area contributed by atoms with Crippen molar-refractivity contribution in [3.8, 4) is 12.1 Å². The number of nitrogens with zero attached hydrogens (tertiary/aromatic N) is 7. The van der Waals surface area contributed by atoms with E-state index in [-0.39, 0.29) is 84.1 Å². The molecule has 4 aliphatic heterocycles. The van der Waals surface area contributed by atoms with E-state index in [1.165, 1.54) is 24.3 Å². The predicted molar refractivity (Wildman–Crippen MR) is 231 cm³/mol. The molecule has 0 radical (unpaired) electrons. The van der Waals surface area contributed by atoms with Crippen LogP contribution in [0.4, 0.5) is 47.3 Å². The van der Waals surface area contributed by atoms with Crippen molar-refractivity contribution in [1.29, 1.82) is 10.5 Å². The number of nitrogens with one attached hydrogen (secondary N) is 2. The lowest BCUT2D eigenvalue weighted by Crippen LogP contribution is -3.00. The summed E-state index contributed by atoms with van der Waals surface area (Å²) in [5.41, 5.74) is 0.587. The summed E-state index contributed by atoms with van der Waals surface area (Å²) in [6.07, 6.45) is -8.40. The number of hydrogen-bond donors (Lipinski definition) is 2. The fraction of sp³-hybridized carbons (Fsp3) is 0.292. The van der Waals surface area contributed by atoms with Crippen LogP contribution in [0.1, 0.15) is 58.3 Å². The maximum absolute atomic E-state index is 14.2. The topological polar surface area (TPSA) is 153 Å². The zero-order chi connectivity index (χ0) is 48.0. The number of hydrogen-bond acceptors (Lipinski definition) is 6. The summed E-state index contributed by atoms with van der Waals surface area (Å²) in [5, 5.41) is 24.2. The van der Waals surface area contributed by atoms with Gasteiger partial charge in [0.25, 0.3) is 11.8 Å². The Kier molecular flexibility index (Phi) is 13.7. The zero-order valence-corrected chi connectivity index (χ0v) is 38.6. The number of rotatable bonds is 12. The van der Waals surface area contributed by atoms with Gasteiger partial charge in [-0.1, -0.05) is 36.4 Å². The van der Waals surface area contributed by atoms with Gasteiger partial charge in [-0.15, -0.1) is 0 Å². The molecule has 8 rings (SSSR count). The van der Waals surface area contributed by atoms with Crippen molar-refractivity contribution < 1.29 is 74.0 Å². The highest BCUT2D eigenvalue weighted by atomic mass is 127. The maximum Gasteiger partial charge on any atom is 0.416 e. The maximum atomic E-state index is 14.2. The molecule has 352 valence electrons. The van der Waals surface area contributed by atoms with Gasteiger partial charge in [-0.25, -0.2) is 9.59 Å². The first-order valence-corrected chi connectivity index (χ1v) is 21.2. The molecule has 0 aliphatic carbocycles. The number of nitriles is 2. The molecule has 4 aromatic rings. The minimum atomic E-state index is -4.68. The van der Waals surface area contributed by atoms with Gasteiger partial charge in [-0.05, 0) is 71.8 Å². The highest BCUT2D eigenvalue weighted by Gasteiger charge is 2.47. The Morgan fingerprint density at radius 2 is 0.971 bits per heavy atom. The Morgan fingerprint density at radius 1 is 0.603 bits per heavy atom. The molecular weight excluding hydrogens is 1010 g/mol. The second kappa shape index (κ2) is 19.0. The molecule has 4 heterocycles. The number of halogens is 7. The molecule has 2 atom stereocenters. The summed E-state index contributed by atoms with van der Waals surface area (Å²) in [6, 6.07) is 22.0. The Bertz CT molecular complexity index is 2630. The zero-order valence-electron chi connectivity index (χ0n) is 36.5. The molecule has 0 unspecified atom stereocenters. The van der Waals surface area contributed by atoms with Crippen molar-refractivity contribution in [3.05, 3.63) is 153 Å². The predicted octanol–water partition coefficient (Wildman–Crippen LogP) is 4.76. The highest BCUT2D eigenvalue weighted by molar-refractivity contribution is 6.08. The minimum Gasteiger partial charge on any atom is -1.00 e. The summed E-state index contributed by atoms with van der Waals surface area (Å²) >= 11 is 0. The monoisotopic (exact) mass is 1050 g/mol. The van der Waals surface area contributed by atoms with E-state index in [1.807, 2.05) is 26.2 Å². The number of alkyl halides is 6. The summed E-state index contributed by atoms with van der Waals surface area (Å²) in [7, 11) is 3.95. The van der Waals surface area contributed by atoms with Crippen LogP contribution in [-0.2, 0) is 21.9 Å². The molecule has 0 saturated carbocycles. The number of quaternary nitrogens is 1. The van der Waals surface area contributed by atoms with Gasteiger partial charge in [0, 0.05) is 25.9 Å². The number of urea groups is 2. The molecule has 13 nitrogen and oxygen atoms in total. The van der Waals surface area contributed by atoms with Crippen LogP contribution >= 0.6 is 0 Å². The normalized spacial score (nSPS) is 18.5. The fourth-order valence-electron chi connectivity index (χ4n) is 9.03. The Morgan fingerprint density at radius 3 is 1.31 bits per heavy atom. The quantitative estimate of drug-likeness (QED) is 0.119. The average molecular weight is 1050 g/mol. The van der Waals surface area contributed by atoms with Gasteiger partial charge in [-0.3, -0.25) is 19.4 Å². The van der Waals surface area contributed by atoms with Gasteiger partial charge in [-0.2, -0.15) is 36.9 Å². The van der Waals surface area contributed by atoms with Crippen molar-refractivity contribution in [1.82, 2.24) is 20.4 Å². The van der Waals surface area contributed by atoms with Gasteiger partial charge in [0.2, 0.25) is 0 Å². The average Bonchev–Trinajstić information content (AvgIpc) is 3.79. The second-order valence-electron chi connectivity index (χ2n) is 17.3. The lowest BCUT2D eigenvalue weighted by molar-refractivity contribution is -0.890. The van der Waals surface area contributed by atoms with Gasteiger partial charge >= 0.3 is 24.4 Å². The number of benzene rings is 4. The third-order valence-corrected chi connectivity index (χ3v) is 12.4. The first-order chi connectivity index (χ1) is 31.8. The van der Waals surface area contributed by atoms with Crippen molar-refractivity contribution in [2.75, 3.05) is 63.2 Å². The molecule has 0 bridgehead atoms. The second-order valence-corrected chi connectivity index (χ2v) is 17.3. The summed E-state index contributed by atoms with van der Waals surface area (Å²) in [6.45, 7) is 1.47. The molecule has 4 aromatic carbocycles. The highest BCUT2D eigenvalue weighted by Crippen LogP contribution is 2.42. The minimum absolute atomic E-state index is 0. The summed E-state index contributed by atoms with van der Waals surface area (Å²) in [4.78, 5) is 61.2. The lowest BCUT2D eigenvalue weighted by Gasteiger charge is -2.34. The largest absolute Gasteiger partial charge is 1.00 e. The first kappa shape index (κ1) is 49.0. The van der Waals surface area contributed by atoms with E-state index >= 15 is 0 Å².